The van der Waals surface area contributed by atoms with Crippen LogP contribution in [0.4, 0.5) is 0 Å². The van der Waals surface area contributed by atoms with Crippen LogP contribution >= 0.6 is 0 Å². The average Bonchev–Trinajstić information content (AvgIpc) is 2.82. The quantitative estimate of drug-likeness (QED) is 0.928. The minimum atomic E-state index is -0.0384. The molecule has 0 aliphatic carbocycles. The highest BCUT2D eigenvalue weighted by molar-refractivity contribution is 5.79. The summed E-state index contributed by atoms with van der Waals surface area (Å²) in [5.41, 5.74) is 3.27. The van der Waals surface area contributed by atoms with Gasteiger partial charge >= 0.3 is 0 Å². The minimum Gasteiger partial charge on any atom is -0.491 e. The molecule has 3 heteroatoms. The zero-order valence-electron chi connectivity index (χ0n) is 11.4. The number of ether oxygens (including phenoxy) is 1. The number of hydrogen-bond donors (Lipinski definition) is 1. The van der Waals surface area contributed by atoms with Gasteiger partial charge in [-0.25, -0.2) is 0 Å². The molecule has 2 aromatic rings. The predicted molar refractivity (Wildman–Crippen MR) is 77.7 cm³/mol. The molecule has 1 aliphatic rings. The van der Waals surface area contributed by atoms with Crippen molar-refractivity contribution in [2.24, 2.45) is 0 Å². The van der Waals surface area contributed by atoms with E-state index in [1.165, 1.54) is 5.56 Å². The molecular weight excluding hydrogens is 250 g/mol. The van der Waals surface area contributed by atoms with Crippen LogP contribution in [0.25, 0.3) is 0 Å². The lowest BCUT2D eigenvalue weighted by atomic mass is 10.1. The smallest absolute Gasteiger partial charge is 0.225 e. The van der Waals surface area contributed by atoms with Crippen LogP contribution in [0.3, 0.4) is 0 Å². The molecule has 0 spiro atoms. The highest BCUT2D eigenvalue weighted by atomic mass is 16.5. The third-order valence-electron chi connectivity index (χ3n) is 3.48. The Hall–Kier alpha value is -2.29. The summed E-state index contributed by atoms with van der Waals surface area (Å²) in [6, 6.07) is 15.8. The maximum atomic E-state index is 12.1. The molecule has 2 aromatic carbocycles. The molecule has 0 fully saturated rings. The SMILES string of the molecule is Cc1cccc(CC(=O)NC2COc3ccccc32)c1. The van der Waals surface area contributed by atoms with Gasteiger partial charge in [-0.3, -0.25) is 4.79 Å². The Kier molecular flexibility index (Phi) is 3.42. The number of amides is 1. The van der Waals surface area contributed by atoms with E-state index in [-0.39, 0.29) is 11.9 Å². The van der Waals surface area contributed by atoms with Gasteiger partial charge in [0.15, 0.2) is 0 Å². The van der Waals surface area contributed by atoms with Crippen LogP contribution in [0.5, 0.6) is 5.75 Å². The van der Waals surface area contributed by atoms with E-state index in [2.05, 4.69) is 5.32 Å². The number of carbonyl (C=O) groups is 1. The summed E-state index contributed by atoms with van der Waals surface area (Å²) >= 11 is 0. The van der Waals surface area contributed by atoms with Crippen molar-refractivity contribution in [2.75, 3.05) is 6.61 Å². The third kappa shape index (κ3) is 2.67. The summed E-state index contributed by atoms with van der Waals surface area (Å²) in [6.07, 6.45) is 0.403. The van der Waals surface area contributed by atoms with Crippen LogP contribution in [0, 0.1) is 6.92 Å². The average molecular weight is 267 g/mol. The second-order valence-corrected chi connectivity index (χ2v) is 5.13. The first-order chi connectivity index (χ1) is 9.72. The zero-order valence-corrected chi connectivity index (χ0v) is 11.4. The molecule has 0 bridgehead atoms. The van der Waals surface area contributed by atoms with E-state index in [1.54, 1.807) is 0 Å². The molecule has 1 aliphatic heterocycles. The van der Waals surface area contributed by atoms with Crippen molar-refractivity contribution in [1.82, 2.24) is 5.32 Å². The molecule has 1 N–H and O–H groups in total. The molecular formula is C17H17NO2. The van der Waals surface area contributed by atoms with Crippen molar-refractivity contribution in [3.63, 3.8) is 0 Å². The monoisotopic (exact) mass is 267 g/mol. The Labute approximate surface area is 118 Å². The normalized spacial score (nSPS) is 16.4. The van der Waals surface area contributed by atoms with Gasteiger partial charge in [-0.1, -0.05) is 48.0 Å². The van der Waals surface area contributed by atoms with Crippen molar-refractivity contribution in [1.29, 1.82) is 0 Å². The van der Waals surface area contributed by atoms with E-state index >= 15 is 0 Å². The molecule has 1 unspecified atom stereocenters. The number of fused-ring (bicyclic) bond motifs is 1. The Morgan fingerprint density at radius 1 is 1.25 bits per heavy atom. The Balaban J connectivity index is 1.66. The van der Waals surface area contributed by atoms with Crippen LogP contribution in [-0.2, 0) is 11.2 Å². The molecule has 1 amide bonds. The van der Waals surface area contributed by atoms with Crippen molar-refractivity contribution in [3.8, 4) is 5.75 Å². The number of benzene rings is 2. The van der Waals surface area contributed by atoms with Gasteiger partial charge in [0.05, 0.1) is 12.5 Å². The van der Waals surface area contributed by atoms with Crippen LogP contribution in [0.15, 0.2) is 48.5 Å². The second-order valence-electron chi connectivity index (χ2n) is 5.13. The molecule has 0 radical (unpaired) electrons. The predicted octanol–water partition coefficient (Wildman–Crippen LogP) is 2.79. The van der Waals surface area contributed by atoms with Gasteiger partial charge in [-0.15, -0.1) is 0 Å². The van der Waals surface area contributed by atoms with Crippen LogP contribution in [-0.4, -0.2) is 12.5 Å². The molecule has 20 heavy (non-hydrogen) atoms. The molecule has 0 saturated heterocycles. The summed E-state index contributed by atoms with van der Waals surface area (Å²) < 4.78 is 5.57. The lowest BCUT2D eigenvalue weighted by Crippen LogP contribution is -2.30. The number of rotatable bonds is 3. The second kappa shape index (κ2) is 5.37. The van der Waals surface area contributed by atoms with Crippen LogP contribution in [0.2, 0.25) is 0 Å². The molecule has 3 nitrogen and oxygen atoms in total. The van der Waals surface area contributed by atoms with E-state index in [1.807, 2.05) is 55.5 Å². The highest BCUT2D eigenvalue weighted by Gasteiger charge is 2.24. The molecule has 0 aromatic heterocycles. The minimum absolute atomic E-state index is 0.0286. The molecule has 102 valence electrons. The van der Waals surface area contributed by atoms with Gasteiger partial charge < -0.3 is 10.1 Å². The summed E-state index contributed by atoms with van der Waals surface area (Å²) in [5, 5.41) is 3.04. The fraction of sp³-hybridized carbons (Fsp3) is 0.235. The Morgan fingerprint density at radius 2 is 2.10 bits per heavy atom. The summed E-state index contributed by atoms with van der Waals surface area (Å²) in [7, 11) is 0. The van der Waals surface area contributed by atoms with Crippen molar-refractivity contribution < 1.29 is 9.53 Å². The number of carbonyl (C=O) groups excluding carboxylic acids is 1. The molecule has 0 saturated carbocycles. The first kappa shape index (κ1) is 12.7. The van der Waals surface area contributed by atoms with Crippen molar-refractivity contribution in [2.45, 2.75) is 19.4 Å². The lowest BCUT2D eigenvalue weighted by Gasteiger charge is -2.12. The van der Waals surface area contributed by atoms with Crippen LogP contribution in [0.1, 0.15) is 22.7 Å². The summed E-state index contributed by atoms with van der Waals surface area (Å²) in [4.78, 5) is 12.1. The van der Waals surface area contributed by atoms with E-state index in [0.717, 1.165) is 16.9 Å². The third-order valence-corrected chi connectivity index (χ3v) is 3.48. The van der Waals surface area contributed by atoms with Gasteiger partial charge in [0.2, 0.25) is 5.91 Å². The lowest BCUT2D eigenvalue weighted by molar-refractivity contribution is -0.121. The summed E-state index contributed by atoms with van der Waals surface area (Å²) in [6.45, 7) is 2.54. The first-order valence-corrected chi connectivity index (χ1v) is 6.79. The van der Waals surface area contributed by atoms with E-state index in [9.17, 15) is 4.79 Å². The van der Waals surface area contributed by atoms with E-state index in [4.69, 9.17) is 4.74 Å². The maximum absolute atomic E-state index is 12.1. The molecule has 1 heterocycles. The zero-order chi connectivity index (χ0) is 13.9. The fourth-order valence-corrected chi connectivity index (χ4v) is 2.54. The van der Waals surface area contributed by atoms with Gasteiger partial charge in [0.25, 0.3) is 0 Å². The maximum Gasteiger partial charge on any atom is 0.225 e. The molecule has 3 rings (SSSR count). The molecule has 1 atom stereocenters. The van der Waals surface area contributed by atoms with E-state index in [0.29, 0.717) is 13.0 Å². The Morgan fingerprint density at radius 3 is 2.95 bits per heavy atom. The van der Waals surface area contributed by atoms with Gasteiger partial charge in [0.1, 0.15) is 12.4 Å². The summed E-state index contributed by atoms with van der Waals surface area (Å²) in [5.74, 6) is 0.897. The standard InChI is InChI=1S/C17H17NO2/c1-12-5-4-6-13(9-12)10-17(19)18-15-11-20-16-8-3-2-7-14(15)16/h2-9,15H,10-11H2,1H3,(H,18,19). The van der Waals surface area contributed by atoms with Gasteiger partial charge in [-0.05, 0) is 18.6 Å². The van der Waals surface area contributed by atoms with Gasteiger partial charge in [0, 0.05) is 5.56 Å². The number of nitrogens with one attached hydrogen (secondary N) is 1. The number of hydrogen-bond acceptors (Lipinski definition) is 2. The number of aryl methyl sites for hydroxylation is 1. The first-order valence-electron chi connectivity index (χ1n) is 6.79. The van der Waals surface area contributed by atoms with Crippen molar-refractivity contribution >= 4 is 5.91 Å². The van der Waals surface area contributed by atoms with Crippen LogP contribution < -0.4 is 10.1 Å². The van der Waals surface area contributed by atoms with Gasteiger partial charge in [-0.2, -0.15) is 0 Å². The topological polar surface area (TPSA) is 38.3 Å². The number of para-hydroxylation sites is 1. The Bertz CT molecular complexity index is 636. The fourth-order valence-electron chi connectivity index (χ4n) is 2.54. The van der Waals surface area contributed by atoms with E-state index < -0.39 is 0 Å². The largest absolute Gasteiger partial charge is 0.491 e. The van der Waals surface area contributed by atoms with Crippen molar-refractivity contribution in [3.05, 3.63) is 65.2 Å². The highest BCUT2D eigenvalue weighted by Crippen LogP contribution is 2.31.